The van der Waals surface area contributed by atoms with Crippen LogP contribution in [0.4, 0.5) is 5.69 Å². The van der Waals surface area contributed by atoms with Crippen molar-refractivity contribution < 1.29 is 9.90 Å². The van der Waals surface area contributed by atoms with Gasteiger partial charge in [0.25, 0.3) is 0 Å². The molecule has 3 nitrogen and oxygen atoms in total. The molecule has 2 rings (SSSR count). The molecule has 0 saturated heterocycles. The van der Waals surface area contributed by atoms with Crippen LogP contribution in [-0.4, -0.2) is 11.0 Å². The van der Waals surface area contributed by atoms with Gasteiger partial charge in [-0.15, -0.1) is 0 Å². The number of hydrogen-bond acceptors (Lipinski definition) is 2. The van der Waals surface area contributed by atoms with Gasteiger partial charge in [0.15, 0.2) is 0 Å². The number of hydrogen-bond donors (Lipinski definition) is 2. The van der Waals surface area contributed by atoms with Crippen LogP contribution in [0.15, 0.2) is 24.3 Å². The first-order valence-corrected chi connectivity index (χ1v) is 6.78. The van der Waals surface area contributed by atoms with Gasteiger partial charge in [-0.2, -0.15) is 0 Å². The van der Waals surface area contributed by atoms with Gasteiger partial charge in [-0.25, -0.2) is 0 Å². The maximum Gasteiger partial charge on any atom is 0.224 e. The Kier molecular flexibility index (Phi) is 4.76. The van der Waals surface area contributed by atoms with E-state index in [1.54, 1.807) is 0 Å². The fourth-order valence-corrected chi connectivity index (χ4v) is 2.63. The molecule has 1 aromatic carbocycles. The maximum atomic E-state index is 12.0. The van der Waals surface area contributed by atoms with Gasteiger partial charge in [-0.1, -0.05) is 37.5 Å². The highest BCUT2D eigenvalue weighted by Gasteiger charge is 2.17. The minimum Gasteiger partial charge on any atom is -0.392 e. The molecule has 2 N–H and O–H groups in total. The standard InChI is InChI=1S/C15H21NO2/c17-11-13-8-4-5-9-14(13)16-15(18)10-12-6-2-1-3-7-12/h4-5,8-9,12,17H,1-3,6-7,10-11H2,(H,16,18). The topological polar surface area (TPSA) is 49.3 Å². The zero-order valence-electron chi connectivity index (χ0n) is 10.7. The zero-order valence-corrected chi connectivity index (χ0v) is 10.7. The third-order valence-corrected chi connectivity index (χ3v) is 3.66. The first kappa shape index (κ1) is 13.1. The molecule has 0 spiro atoms. The Bertz CT molecular complexity index is 397. The summed E-state index contributed by atoms with van der Waals surface area (Å²) in [5.41, 5.74) is 1.51. The number of rotatable bonds is 4. The largest absolute Gasteiger partial charge is 0.392 e. The average molecular weight is 247 g/mol. The quantitative estimate of drug-likeness (QED) is 0.859. The van der Waals surface area contributed by atoms with E-state index in [9.17, 15) is 9.90 Å². The number of para-hydroxylation sites is 1. The van der Waals surface area contributed by atoms with E-state index < -0.39 is 0 Å². The molecule has 0 unspecified atom stereocenters. The van der Waals surface area contributed by atoms with Crippen LogP contribution in [0.25, 0.3) is 0 Å². The molecule has 18 heavy (non-hydrogen) atoms. The molecule has 98 valence electrons. The number of aliphatic hydroxyl groups is 1. The molecule has 0 aliphatic heterocycles. The summed E-state index contributed by atoms with van der Waals surface area (Å²) in [7, 11) is 0. The second-order valence-electron chi connectivity index (χ2n) is 5.07. The van der Waals surface area contributed by atoms with Crippen molar-refractivity contribution >= 4 is 11.6 Å². The van der Waals surface area contributed by atoms with Crippen LogP contribution < -0.4 is 5.32 Å². The number of aliphatic hydroxyl groups excluding tert-OH is 1. The number of nitrogens with one attached hydrogen (secondary N) is 1. The molecule has 3 heteroatoms. The average Bonchev–Trinajstić information content (AvgIpc) is 2.40. The van der Waals surface area contributed by atoms with Crippen molar-refractivity contribution in [1.82, 2.24) is 0 Å². The minimum absolute atomic E-state index is 0.0418. The molecule has 1 fully saturated rings. The molecule has 0 heterocycles. The Morgan fingerprint density at radius 1 is 1.22 bits per heavy atom. The van der Waals surface area contributed by atoms with E-state index >= 15 is 0 Å². The summed E-state index contributed by atoms with van der Waals surface area (Å²) in [4.78, 5) is 12.0. The fourth-order valence-electron chi connectivity index (χ4n) is 2.63. The number of benzene rings is 1. The Balaban J connectivity index is 1.90. The lowest BCUT2D eigenvalue weighted by Gasteiger charge is -2.21. The fraction of sp³-hybridized carbons (Fsp3) is 0.533. The van der Waals surface area contributed by atoms with E-state index in [0.29, 0.717) is 12.3 Å². The van der Waals surface area contributed by atoms with Crippen molar-refractivity contribution in [2.75, 3.05) is 5.32 Å². The normalized spacial score (nSPS) is 16.5. The van der Waals surface area contributed by atoms with Gasteiger partial charge in [-0.3, -0.25) is 4.79 Å². The molecule has 1 aliphatic rings. The van der Waals surface area contributed by atoms with Crippen molar-refractivity contribution in [3.8, 4) is 0 Å². The SMILES string of the molecule is O=C(CC1CCCCC1)Nc1ccccc1CO. The molecule has 1 amide bonds. The molecule has 0 atom stereocenters. The van der Waals surface area contributed by atoms with Crippen molar-refractivity contribution in [1.29, 1.82) is 0 Å². The predicted octanol–water partition coefficient (Wildman–Crippen LogP) is 3.09. The van der Waals surface area contributed by atoms with Crippen LogP contribution in [-0.2, 0) is 11.4 Å². The van der Waals surface area contributed by atoms with E-state index in [1.165, 1.54) is 32.1 Å². The lowest BCUT2D eigenvalue weighted by atomic mass is 9.87. The van der Waals surface area contributed by atoms with Gasteiger partial charge in [0, 0.05) is 17.7 Å². The van der Waals surface area contributed by atoms with Gasteiger partial charge in [-0.05, 0) is 24.8 Å². The summed E-state index contributed by atoms with van der Waals surface area (Å²) in [5.74, 6) is 0.614. The lowest BCUT2D eigenvalue weighted by Crippen LogP contribution is -2.19. The van der Waals surface area contributed by atoms with E-state index in [2.05, 4.69) is 5.32 Å². The second kappa shape index (κ2) is 6.55. The highest BCUT2D eigenvalue weighted by molar-refractivity contribution is 5.91. The molecule has 1 aromatic rings. The number of carbonyl (C=O) groups is 1. The first-order chi connectivity index (χ1) is 8.79. The van der Waals surface area contributed by atoms with Crippen molar-refractivity contribution in [3.05, 3.63) is 29.8 Å². The van der Waals surface area contributed by atoms with Crippen LogP contribution in [0.1, 0.15) is 44.1 Å². The Morgan fingerprint density at radius 3 is 2.67 bits per heavy atom. The summed E-state index contributed by atoms with van der Waals surface area (Å²) in [6.45, 7) is -0.0418. The number of anilines is 1. The number of amides is 1. The summed E-state index contributed by atoms with van der Waals surface area (Å²) in [5, 5.41) is 12.1. The van der Waals surface area contributed by atoms with Gasteiger partial charge >= 0.3 is 0 Å². The molecular weight excluding hydrogens is 226 g/mol. The summed E-state index contributed by atoms with van der Waals surface area (Å²) in [6, 6.07) is 7.40. The van der Waals surface area contributed by atoms with Crippen LogP contribution in [0.5, 0.6) is 0 Å². The first-order valence-electron chi connectivity index (χ1n) is 6.78. The molecule has 1 saturated carbocycles. The number of carbonyl (C=O) groups excluding carboxylic acids is 1. The van der Waals surface area contributed by atoms with Crippen molar-refractivity contribution in [3.63, 3.8) is 0 Å². The zero-order chi connectivity index (χ0) is 12.8. The van der Waals surface area contributed by atoms with Gasteiger partial charge in [0.2, 0.25) is 5.91 Å². The van der Waals surface area contributed by atoms with Crippen LogP contribution in [0.2, 0.25) is 0 Å². The summed E-state index contributed by atoms with van der Waals surface area (Å²) < 4.78 is 0. The minimum atomic E-state index is -0.0418. The molecule has 0 bridgehead atoms. The molecule has 1 aliphatic carbocycles. The van der Waals surface area contributed by atoms with Crippen LogP contribution in [0, 0.1) is 5.92 Å². The predicted molar refractivity (Wildman–Crippen MR) is 72.2 cm³/mol. The molecule has 0 aromatic heterocycles. The Hall–Kier alpha value is -1.35. The Morgan fingerprint density at radius 2 is 1.94 bits per heavy atom. The van der Waals surface area contributed by atoms with E-state index in [-0.39, 0.29) is 12.5 Å². The smallest absolute Gasteiger partial charge is 0.224 e. The van der Waals surface area contributed by atoms with Gasteiger partial charge in [0.1, 0.15) is 0 Å². The monoisotopic (exact) mass is 247 g/mol. The van der Waals surface area contributed by atoms with E-state index in [0.717, 1.165) is 11.3 Å². The highest BCUT2D eigenvalue weighted by atomic mass is 16.3. The van der Waals surface area contributed by atoms with Crippen molar-refractivity contribution in [2.24, 2.45) is 5.92 Å². The van der Waals surface area contributed by atoms with Crippen LogP contribution in [0.3, 0.4) is 0 Å². The summed E-state index contributed by atoms with van der Waals surface area (Å²) in [6.07, 6.45) is 6.78. The third-order valence-electron chi connectivity index (χ3n) is 3.66. The Labute approximate surface area is 108 Å². The van der Waals surface area contributed by atoms with Gasteiger partial charge in [0.05, 0.1) is 6.61 Å². The van der Waals surface area contributed by atoms with Crippen LogP contribution >= 0.6 is 0 Å². The highest BCUT2D eigenvalue weighted by Crippen LogP contribution is 2.26. The molecular formula is C15H21NO2. The maximum absolute atomic E-state index is 12.0. The lowest BCUT2D eigenvalue weighted by molar-refractivity contribution is -0.117. The van der Waals surface area contributed by atoms with E-state index in [1.807, 2.05) is 24.3 Å². The molecule has 0 radical (unpaired) electrons. The van der Waals surface area contributed by atoms with Crippen molar-refractivity contribution in [2.45, 2.75) is 45.1 Å². The van der Waals surface area contributed by atoms with Gasteiger partial charge < -0.3 is 10.4 Å². The second-order valence-corrected chi connectivity index (χ2v) is 5.07. The summed E-state index contributed by atoms with van der Waals surface area (Å²) >= 11 is 0. The third kappa shape index (κ3) is 3.57. The van der Waals surface area contributed by atoms with E-state index in [4.69, 9.17) is 0 Å².